The molecule has 0 aromatic rings. The van der Waals surface area contributed by atoms with Crippen LogP contribution in [0.3, 0.4) is 0 Å². The minimum atomic E-state index is 0. The molecular formula is C13H26ClN5. The van der Waals surface area contributed by atoms with Crippen molar-refractivity contribution in [3.05, 3.63) is 0 Å². The predicted molar refractivity (Wildman–Crippen MR) is 82.8 cm³/mol. The van der Waals surface area contributed by atoms with Gasteiger partial charge in [0.25, 0.3) is 0 Å². The number of hydrogen-bond donors (Lipinski definition) is 2. The molecule has 0 radical (unpaired) electrons. The summed E-state index contributed by atoms with van der Waals surface area (Å²) >= 11 is 0. The molecular weight excluding hydrogens is 262 g/mol. The van der Waals surface area contributed by atoms with Gasteiger partial charge in [0, 0.05) is 13.1 Å². The monoisotopic (exact) mass is 287 g/mol. The highest BCUT2D eigenvalue weighted by molar-refractivity contribution is 5.93. The summed E-state index contributed by atoms with van der Waals surface area (Å²) in [5.74, 6) is 0.886. The van der Waals surface area contributed by atoms with Crippen molar-refractivity contribution in [1.82, 2.24) is 4.90 Å². The Morgan fingerprint density at radius 2 is 1.47 bits per heavy atom. The summed E-state index contributed by atoms with van der Waals surface area (Å²) in [6.07, 6.45) is 9.78. The van der Waals surface area contributed by atoms with E-state index in [0.29, 0.717) is 18.0 Å². The van der Waals surface area contributed by atoms with Gasteiger partial charge in [-0.25, -0.2) is 4.99 Å². The molecule has 2 rings (SSSR count). The molecule has 0 bridgehead atoms. The van der Waals surface area contributed by atoms with E-state index in [1.807, 2.05) is 0 Å². The molecule has 1 heterocycles. The van der Waals surface area contributed by atoms with E-state index in [-0.39, 0.29) is 12.4 Å². The van der Waals surface area contributed by atoms with Crippen LogP contribution in [-0.2, 0) is 0 Å². The Balaban J connectivity index is 0.00000180. The molecule has 19 heavy (non-hydrogen) atoms. The van der Waals surface area contributed by atoms with Crippen LogP contribution in [0.4, 0.5) is 0 Å². The molecule has 1 aliphatic carbocycles. The number of nitrogens with zero attached hydrogens (tertiary/aromatic N) is 3. The van der Waals surface area contributed by atoms with E-state index in [2.05, 4.69) is 14.9 Å². The van der Waals surface area contributed by atoms with Crippen molar-refractivity contribution in [2.24, 2.45) is 21.5 Å². The van der Waals surface area contributed by atoms with Gasteiger partial charge in [-0.3, -0.25) is 0 Å². The third-order valence-electron chi connectivity index (χ3n) is 3.80. The Morgan fingerprint density at radius 3 is 2.11 bits per heavy atom. The molecule has 0 aromatic carbocycles. The zero-order valence-electron chi connectivity index (χ0n) is 11.6. The fourth-order valence-corrected chi connectivity index (χ4v) is 2.74. The fourth-order valence-electron chi connectivity index (χ4n) is 2.74. The number of likely N-dealkylation sites (tertiary alicyclic amines) is 1. The van der Waals surface area contributed by atoms with Crippen LogP contribution < -0.4 is 11.5 Å². The third kappa shape index (κ3) is 5.27. The molecule has 0 aromatic heterocycles. The number of nitrogens with two attached hydrogens (primary N) is 2. The summed E-state index contributed by atoms with van der Waals surface area (Å²) in [7, 11) is 0. The van der Waals surface area contributed by atoms with Crippen molar-refractivity contribution in [3.63, 3.8) is 0 Å². The molecule has 110 valence electrons. The summed E-state index contributed by atoms with van der Waals surface area (Å²) in [6, 6.07) is 0.358. The molecule has 5 nitrogen and oxygen atoms in total. The van der Waals surface area contributed by atoms with Crippen molar-refractivity contribution >= 4 is 24.3 Å². The van der Waals surface area contributed by atoms with Crippen LogP contribution in [0, 0.1) is 0 Å². The normalized spacial score (nSPS) is 23.1. The van der Waals surface area contributed by atoms with Crippen LogP contribution in [0.25, 0.3) is 0 Å². The molecule has 2 aliphatic rings. The molecule has 0 amide bonds. The summed E-state index contributed by atoms with van der Waals surface area (Å²) < 4.78 is 0. The zero-order chi connectivity index (χ0) is 12.8. The largest absolute Gasteiger partial charge is 0.369 e. The summed E-state index contributed by atoms with van der Waals surface area (Å²) in [5.41, 5.74) is 11.8. The molecule has 2 fully saturated rings. The zero-order valence-corrected chi connectivity index (χ0v) is 12.4. The van der Waals surface area contributed by atoms with E-state index in [1.165, 1.54) is 38.5 Å². The highest BCUT2D eigenvalue weighted by atomic mass is 35.5. The average molecular weight is 288 g/mol. The van der Waals surface area contributed by atoms with Crippen molar-refractivity contribution in [1.29, 1.82) is 0 Å². The fraction of sp³-hybridized carbons (Fsp3) is 0.846. The first-order valence-electron chi connectivity index (χ1n) is 7.18. The van der Waals surface area contributed by atoms with Crippen molar-refractivity contribution in [2.75, 3.05) is 13.1 Å². The van der Waals surface area contributed by atoms with Gasteiger partial charge in [-0.1, -0.05) is 19.3 Å². The van der Waals surface area contributed by atoms with Crippen molar-refractivity contribution in [3.8, 4) is 0 Å². The Hall–Kier alpha value is -0.970. The van der Waals surface area contributed by atoms with Crippen molar-refractivity contribution in [2.45, 2.75) is 57.4 Å². The maximum Gasteiger partial charge on any atom is 0.218 e. The number of rotatable bonds is 1. The van der Waals surface area contributed by atoms with Crippen LogP contribution in [0.1, 0.15) is 51.4 Å². The smallest absolute Gasteiger partial charge is 0.218 e. The third-order valence-corrected chi connectivity index (χ3v) is 3.80. The molecule has 1 saturated carbocycles. The van der Waals surface area contributed by atoms with Gasteiger partial charge < -0.3 is 16.4 Å². The lowest BCUT2D eigenvalue weighted by Crippen LogP contribution is -2.41. The second-order valence-electron chi connectivity index (χ2n) is 5.30. The lowest BCUT2D eigenvalue weighted by Gasteiger charge is -2.27. The van der Waals surface area contributed by atoms with Crippen LogP contribution in [0.5, 0.6) is 0 Å². The van der Waals surface area contributed by atoms with Gasteiger partial charge in [0.05, 0.1) is 6.04 Å². The van der Waals surface area contributed by atoms with Gasteiger partial charge in [0.2, 0.25) is 5.96 Å². The highest BCUT2D eigenvalue weighted by Gasteiger charge is 2.14. The molecule has 1 saturated heterocycles. The topological polar surface area (TPSA) is 80.0 Å². The van der Waals surface area contributed by atoms with Gasteiger partial charge >= 0.3 is 0 Å². The van der Waals surface area contributed by atoms with Gasteiger partial charge in [-0.05, 0) is 32.1 Å². The van der Waals surface area contributed by atoms with E-state index < -0.39 is 0 Å². The summed E-state index contributed by atoms with van der Waals surface area (Å²) in [6.45, 7) is 1.98. The molecule has 0 unspecified atom stereocenters. The minimum absolute atomic E-state index is 0. The van der Waals surface area contributed by atoms with Crippen LogP contribution in [0.15, 0.2) is 9.98 Å². The number of piperidine rings is 1. The van der Waals surface area contributed by atoms with Gasteiger partial charge in [0.15, 0.2) is 5.96 Å². The van der Waals surface area contributed by atoms with Crippen LogP contribution >= 0.6 is 12.4 Å². The molecule has 0 spiro atoms. The first-order valence-corrected chi connectivity index (χ1v) is 7.18. The number of guanidine groups is 2. The predicted octanol–water partition coefficient (Wildman–Crippen LogP) is 1.86. The average Bonchev–Trinajstić information content (AvgIpc) is 2.40. The standard InChI is InChI=1S/C13H25N5.ClH/c14-12(16-11-7-3-1-4-8-11)17-13(15)18-9-5-2-6-10-18;/h11H,1-10H2,(H4,14,15,16,17);1H. The first-order chi connectivity index (χ1) is 8.75. The molecule has 6 heteroatoms. The van der Waals surface area contributed by atoms with Gasteiger partial charge in [0.1, 0.15) is 0 Å². The number of hydrogen-bond acceptors (Lipinski definition) is 1. The van der Waals surface area contributed by atoms with E-state index in [1.54, 1.807) is 0 Å². The Morgan fingerprint density at radius 1 is 0.895 bits per heavy atom. The molecule has 1 aliphatic heterocycles. The van der Waals surface area contributed by atoms with E-state index in [0.717, 1.165) is 25.9 Å². The molecule has 4 N–H and O–H groups in total. The van der Waals surface area contributed by atoms with Crippen LogP contribution in [0.2, 0.25) is 0 Å². The second-order valence-corrected chi connectivity index (χ2v) is 5.30. The van der Waals surface area contributed by atoms with E-state index >= 15 is 0 Å². The lowest BCUT2D eigenvalue weighted by atomic mass is 9.96. The maximum atomic E-state index is 5.97. The highest BCUT2D eigenvalue weighted by Crippen LogP contribution is 2.20. The van der Waals surface area contributed by atoms with Crippen molar-refractivity contribution < 1.29 is 0 Å². The Bertz CT molecular complexity index is 317. The Labute approximate surface area is 121 Å². The second kappa shape index (κ2) is 8.25. The van der Waals surface area contributed by atoms with Gasteiger partial charge in [-0.2, -0.15) is 4.99 Å². The molecule has 0 atom stereocenters. The SMILES string of the molecule is Cl.NC(=NC1CCCCC1)N=C(N)N1CCCCC1. The number of halogens is 1. The minimum Gasteiger partial charge on any atom is -0.369 e. The maximum absolute atomic E-state index is 5.97. The van der Waals surface area contributed by atoms with E-state index in [9.17, 15) is 0 Å². The lowest BCUT2D eigenvalue weighted by molar-refractivity contribution is 0.339. The quantitative estimate of drug-likeness (QED) is 0.570. The number of aliphatic imine (C=N–C) groups is 2. The summed E-state index contributed by atoms with van der Waals surface area (Å²) in [4.78, 5) is 10.8. The van der Waals surface area contributed by atoms with Crippen LogP contribution in [-0.4, -0.2) is 36.0 Å². The van der Waals surface area contributed by atoms with E-state index in [4.69, 9.17) is 11.5 Å². The first kappa shape index (κ1) is 16.1. The Kier molecular flexibility index (Phi) is 6.99. The summed E-state index contributed by atoms with van der Waals surface area (Å²) in [5, 5.41) is 0. The van der Waals surface area contributed by atoms with Gasteiger partial charge in [-0.15, -0.1) is 12.4 Å².